The van der Waals surface area contributed by atoms with Crippen molar-refractivity contribution in [2.24, 2.45) is 0 Å². The van der Waals surface area contributed by atoms with Gasteiger partial charge in [0.1, 0.15) is 11.2 Å². The normalized spacial score (nSPS) is 12.0. The van der Waals surface area contributed by atoms with E-state index in [-0.39, 0.29) is 0 Å². The summed E-state index contributed by atoms with van der Waals surface area (Å²) in [5.74, 6) is 0. The molecule has 0 unspecified atom stereocenters. The minimum absolute atomic E-state index is 0.917. The van der Waals surface area contributed by atoms with Gasteiger partial charge in [-0.3, -0.25) is 0 Å². The van der Waals surface area contributed by atoms with Gasteiger partial charge in [0.05, 0.1) is 22.1 Å². The minimum Gasteiger partial charge on any atom is -0.455 e. The molecular weight excluding hydrogens is 548 g/mol. The van der Waals surface area contributed by atoms with E-state index in [1.807, 2.05) is 12.1 Å². The molecule has 3 heteroatoms. The van der Waals surface area contributed by atoms with Crippen LogP contribution < -0.4 is 0 Å². The number of furan rings is 1. The second-order valence-corrected chi connectivity index (χ2v) is 11.7. The third-order valence-corrected chi connectivity index (χ3v) is 9.33. The average molecular weight is 575 g/mol. The maximum atomic E-state index is 6.38. The second kappa shape index (κ2) is 9.22. The third-order valence-electron chi connectivity index (χ3n) is 9.33. The van der Waals surface area contributed by atoms with Crippen LogP contribution in [0.1, 0.15) is 0 Å². The number of benzene rings is 7. The van der Waals surface area contributed by atoms with E-state index in [0.29, 0.717) is 0 Å². The molecule has 0 fully saturated rings. The van der Waals surface area contributed by atoms with Crippen molar-refractivity contribution >= 4 is 65.6 Å². The lowest BCUT2D eigenvalue weighted by Crippen LogP contribution is -1.95. The quantitative estimate of drug-likeness (QED) is 0.206. The standard InChI is InChI=1S/C42H26N2O/c1-2-11-28(12-3-1)43-37-19-8-5-15-35(37)40-38(43)26-25-33-31-13-4-7-18-36(31)44(41(33)40)29-23-21-27(22-24-29)30-16-10-17-34-32-14-6-9-20-39(32)45-42(30)34/h1-26H. The SMILES string of the molecule is c1ccc(-n2c3ccccc3c3c2ccc2c4ccccc4n(-c4ccc(-c5cccc6c5oc5ccccc56)cc4)c23)cc1. The molecule has 7 aromatic carbocycles. The average Bonchev–Trinajstić information content (AvgIpc) is 3.76. The first-order chi connectivity index (χ1) is 22.3. The number of para-hydroxylation sites is 5. The largest absolute Gasteiger partial charge is 0.455 e. The van der Waals surface area contributed by atoms with Crippen molar-refractivity contribution in [1.29, 1.82) is 0 Å². The zero-order valence-corrected chi connectivity index (χ0v) is 24.3. The number of nitrogens with zero attached hydrogens (tertiary/aromatic N) is 2. The van der Waals surface area contributed by atoms with Crippen molar-refractivity contribution in [2.75, 3.05) is 0 Å². The van der Waals surface area contributed by atoms with Gasteiger partial charge in [-0.1, -0.05) is 109 Å². The molecule has 0 aliphatic heterocycles. The van der Waals surface area contributed by atoms with Crippen LogP contribution >= 0.6 is 0 Å². The summed E-state index contributed by atoms with van der Waals surface area (Å²) >= 11 is 0. The first kappa shape index (κ1) is 24.4. The van der Waals surface area contributed by atoms with Gasteiger partial charge in [0.15, 0.2) is 0 Å². The Morgan fingerprint density at radius 1 is 0.378 bits per heavy atom. The van der Waals surface area contributed by atoms with E-state index in [0.717, 1.165) is 44.4 Å². The Kier molecular flexibility index (Phi) is 5.00. The highest BCUT2D eigenvalue weighted by Crippen LogP contribution is 2.42. The molecule has 0 aliphatic rings. The molecular formula is C42H26N2O. The van der Waals surface area contributed by atoms with Crippen LogP contribution in [-0.4, -0.2) is 9.13 Å². The maximum absolute atomic E-state index is 6.38. The molecule has 0 saturated heterocycles. The van der Waals surface area contributed by atoms with E-state index in [1.165, 1.54) is 43.6 Å². The lowest BCUT2D eigenvalue weighted by atomic mass is 10.0. The molecule has 0 spiro atoms. The fourth-order valence-electron chi connectivity index (χ4n) is 7.40. The fraction of sp³-hybridized carbons (Fsp3) is 0. The molecule has 10 rings (SSSR count). The van der Waals surface area contributed by atoms with Gasteiger partial charge in [-0.2, -0.15) is 0 Å². The Morgan fingerprint density at radius 3 is 1.84 bits per heavy atom. The summed E-state index contributed by atoms with van der Waals surface area (Å²) in [4.78, 5) is 0. The summed E-state index contributed by atoms with van der Waals surface area (Å²) in [5, 5.41) is 7.31. The summed E-state index contributed by atoms with van der Waals surface area (Å²) in [6.45, 7) is 0. The molecule has 210 valence electrons. The van der Waals surface area contributed by atoms with Crippen molar-refractivity contribution < 1.29 is 4.42 Å². The van der Waals surface area contributed by atoms with Crippen LogP contribution in [0.2, 0.25) is 0 Å². The van der Waals surface area contributed by atoms with E-state index < -0.39 is 0 Å². The number of hydrogen-bond acceptors (Lipinski definition) is 1. The van der Waals surface area contributed by atoms with Crippen molar-refractivity contribution in [3.8, 4) is 22.5 Å². The molecule has 0 radical (unpaired) electrons. The van der Waals surface area contributed by atoms with Crippen molar-refractivity contribution in [2.45, 2.75) is 0 Å². The Morgan fingerprint density at radius 2 is 1.02 bits per heavy atom. The smallest absolute Gasteiger partial charge is 0.143 e. The van der Waals surface area contributed by atoms with E-state index in [4.69, 9.17) is 4.42 Å². The number of rotatable bonds is 3. The van der Waals surface area contributed by atoms with Gasteiger partial charge in [-0.25, -0.2) is 0 Å². The van der Waals surface area contributed by atoms with Crippen molar-refractivity contribution in [3.05, 3.63) is 158 Å². The summed E-state index contributed by atoms with van der Waals surface area (Å²) in [6, 6.07) is 56.4. The second-order valence-electron chi connectivity index (χ2n) is 11.7. The summed E-state index contributed by atoms with van der Waals surface area (Å²) < 4.78 is 11.2. The highest BCUT2D eigenvalue weighted by Gasteiger charge is 2.21. The minimum atomic E-state index is 0.917. The molecule has 0 bridgehead atoms. The van der Waals surface area contributed by atoms with Crippen molar-refractivity contribution in [1.82, 2.24) is 9.13 Å². The van der Waals surface area contributed by atoms with E-state index in [9.17, 15) is 0 Å². The Hall–Kier alpha value is -6.06. The van der Waals surface area contributed by atoms with Crippen LogP contribution in [0.25, 0.3) is 88.1 Å². The number of fused-ring (bicyclic) bond motifs is 10. The van der Waals surface area contributed by atoms with Gasteiger partial charge in [0.2, 0.25) is 0 Å². The molecule has 0 aliphatic carbocycles. The number of aromatic nitrogens is 2. The molecule has 0 atom stereocenters. The molecule has 0 N–H and O–H groups in total. The van der Waals surface area contributed by atoms with Gasteiger partial charge in [-0.05, 0) is 54.1 Å². The molecule has 3 nitrogen and oxygen atoms in total. The van der Waals surface area contributed by atoms with E-state index in [1.54, 1.807) is 0 Å². The highest BCUT2D eigenvalue weighted by molar-refractivity contribution is 6.26. The summed E-state index contributed by atoms with van der Waals surface area (Å²) in [5.41, 5.74) is 11.2. The molecule has 0 saturated carbocycles. The first-order valence-electron chi connectivity index (χ1n) is 15.4. The monoisotopic (exact) mass is 574 g/mol. The Balaban J connectivity index is 1.25. The molecule has 0 amide bonds. The van der Waals surface area contributed by atoms with Crippen LogP contribution in [0, 0.1) is 0 Å². The van der Waals surface area contributed by atoms with Crippen LogP contribution in [0.15, 0.2) is 162 Å². The van der Waals surface area contributed by atoms with Gasteiger partial charge < -0.3 is 13.6 Å². The summed E-state index contributed by atoms with van der Waals surface area (Å²) in [6.07, 6.45) is 0. The third kappa shape index (κ3) is 3.41. The predicted molar refractivity (Wildman–Crippen MR) is 188 cm³/mol. The lowest BCUT2D eigenvalue weighted by molar-refractivity contribution is 0.670. The van der Waals surface area contributed by atoms with Gasteiger partial charge in [0.25, 0.3) is 0 Å². The maximum Gasteiger partial charge on any atom is 0.143 e. The van der Waals surface area contributed by atoms with E-state index >= 15 is 0 Å². The lowest BCUT2D eigenvalue weighted by Gasteiger charge is -2.11. The molecule has 45 heavy (non-hydrogen) atoms. The Bertz CT molecular complexity index is 2740. The zero-order valence-electron chi connectivity index (χ0n) is 24.3. The van der Waals surface area contributed by atoms with Gasteiger partial charge in [0, 0.05) is 49.3 Å². The van der Waals surface area contributed by atoms with E-state index in [2.05, 4.69) is 155 Å². The van der Waals surface area contributed by atoms with Crippen LogP contribution in [-0.2, 0) is 0 Å². The van der Waals surface area contributed by atoms with Crippen molar-refractivity contribution in [3.63, 3.8) is 0 Å². The van der Waals surface area contributed by atoms with Crippen LogP contribution in [0.3, 0.4) is 0 Å². The van der Waals surface area contributed by atoms with Crippen LogP contribution in [0.5, 0.6) is 0 Å². The molecule has 3 heterocycles. The topological polar surface area (TPSA) is 23.0 Å². The summed E-state index contributed by atoms with van der Waals surface area (Å²) in [7, 11) is 0. The van der Waals surface area contributed by atoms with Gasteiger partial charge >= 0.3 is 0 Å². The van der Waals surface area contributed by atoms with Gasteiger partial charge in [-0.15, -0.1) is 0 Å². The Labute approximate surface area is 258 Å². The predicted octanol–water partition coefficient (Wildman–Crippen LogP) is 11.4. The fourth-order valence-corrected chi connectivity index (χ4v) is 7.40. The molecule has 10 aromatic rings. The highest BCUT2D eigenvalue weighted by atomic mass is 16.3. The number of hydrogen-bond donors (Lipinski definition) is 0. The molecule has 3 aromatic heterocycles. The zero-order chi connectivity index (χ0) is 29.5. The first-order valence-corrected chi connectivity index (χ1v) is 15.4. The van der Waals surface area contributed by atoms with Crippen LogP contribution in [0.4, 0.5) is 0 Å².